The topological polar surface area (TPSA) is 65.2 Å². The van der Waals surface area contributed by atoms with Gasteiger partial charge in [0.05, 0.1) is 23.7 Å². The van der Waals surface area contributed by atoms with Crippen molar-refractivity contribution in [1.29, 1.82) is 5.26 Å². The molecule has 33 heavy (non-hydrogen) atoms. The summed E-state index contributed by atoms with van der Waals surface area (Å²) in [5, 5.41) is 8.97. The minimum Gasteiger partial charge on any atom is -0.336 e. The summed E-state index contributed by atoms with van der Waals surface area (Å²) in [5.74, 6) is 6.07. The number of aromatic nitrogens is 2. The Hall–Kier alpha value is -3.87. The third-order valence-electron chi connectivity index (χ3n) is 6.01. The van der Waals surface area contributed by atoms with Crippen LogP contribution in [0.2, 0.25) is 0 Å². The number of aryl methyl sites for hydroxylation is 1. The summed E-state index contributed by atoms with van der Waals surface area (Å²) >= 11 is 0. The molecule has 2 heterocycles. The van der Waals surface area contributed by atoms with E-state index >= 15 is 0 Å². The maximum absolute atomic E-state index is 13.0. The first-order valence-electron chi connectivity index (χ1n) is 11.1. The van der Waals surface area contributed by atoms with Gasteiger partial charge < -0.3 is 9.47 Å². The van der Waals surface area contributed by atoms with Crippen LogP contribution in [0.15, 0.2) is 55.0 Å². The van der Waals surface area contributed by atoms with Gasteiger partial charge in [0.2, 0.25) is 0 Å². The Morgan fingerprint density at radius 2 is 1.82 bits per heavy atom. The number of nitrogens with zero attached hydrogens (tertiary/aromatic N) is 5. The molecule has 6 nitrogen and oxygen atoms in total. The van der Waals surface area contributed by atoms with Gasteiger partial charge in [0, 0.05) is 56.6 Å². The number of hydrogen-bond donors (Lipinski definition) is 0. The highest BCUT2D eigenvalue weighted by atomic mass is 16.2. The molecule has 2 aromatic carbocycles. The van der Waals surface area contributed by atoms with Gasteiger partial charge in [0.25, 0.3) is 5.91 Å². The number of carbonyl (C=O) groups excluding carboxylic acids is 1. The monoisotopic (exact) mass is 437 g/mol. The average Bonchev–Trinajstić information content (AvgIpc) is 3.27. The minimum absolute atomic E-state index is 0.0830. The second kappa shape index (κ2) is 10.2. The Morgan fingerprint density at radius 3 is 2.48 bits per heavy atom. The van der Waals surface area contributed by atoms with Crippen LogP contribution in [-0.4, -0.2) is 51.4 Å². The van der Waals surface area contributed by atoms with Crippen LogP contribution in [0.3, 0.4) is 0 Å². The van der Waals surface area contributed by atoms with E-state index in [4.69, 9.17) is 5.26 Å². The van der Waals surface area contributed by atoms with Crippen LogP contribution in [0.4, 0.5) is 0 Å². The maximum Gasteiger partial charge on any atom is 0.253 e. The molecule has 6 heteroatoms. The van der Waals surface area contributed by atoms with E-state index in [1.165, 1.54) is 0 Å². The summed E-state index contributed by atoms with van der Waals surface area (Å²) in [6, 6.07) is 15.6. The molecular weight excluding hydrogens is 410 g/mol. The number of benzene rings is 2. The fourth-order valence-electron chi connectivity index (χ4n) is 4.10. The second-order valence-corrected chi connectivity index (χ2v) is 8.29. The van der Waals surface area contributed by atoms with E-state index in [0.717, 1.165) is 54.1 Å². The van der Waals surface area contributed by atoms with E-state index in [1.54, 1.807) is 0 Å². The minimum atomic E-state index is 0.0830. The first-order chi connectivity index (χ1) is 16.1. The van der Waals surface area contributed by atoms with Crippen molar-refractivity contribution in [1.82, 2.24) is 19.4 Å². The van der Waals surface area contributed by atoms with Gasteiger partial charge in [-0.05, 0) is 55.3 Å². The summed E-state index contributed by atoms with van der Waals surface area (Å²) in [4.78, 5) is 21.6. The average molecular weight is 438 g/mol. The van der Waals surface area contributed by atoms with Gasteiger partial charge in [-0.2, -0.15) is 5.26 Å². The van der Waals surface area contributed by atoms with Crippen molar-refractivity contribution in [3.8, 4) is 17.9 Å². The zero-order valence-corrected chi connectivity index (χ0v) is 19.1. The fourth-order valence-corrected chi connectivity index (χ4v) is 4.10. The molecule has 0 unspecified atom stereocenters. The normalized spacial score (nSPS) is 13.8. The van der Waals surface area contributed by atoms with Crippen molar-refractivity contribution in [2.75, 3.05) is 26.2 Å². The summed E-state index contributed by atoms with van der Waals surface area (Å²) in [5.41, 5.74) is 5.67. The molecule has 1 amide bonds. The van der Waals surface area contributed by atoms with Crippen molar-refractivity contribution >= 4 is 5.91 Å². The lowest BCUT2D eigenvalue weighted by Gasteiger charge is -2.34. The van der Waals surface area contributed by atoms with Gasteiger partial charge in [-0.3, -0.25) is 9.69 Å². The lowest BCUT2D eigenvalue weighted by atomic mass is 10.0. The number of nitriles is 1. The Labute approximate surface area is 195 Å². The SMILES string of the molecule is CC#Cc1ccc(C(=O)N2CCN(Cc3cncn3Cc3ccc(C#N)cc3)CC2)cc1C. The van der Waals surface area contributed by atoms with Crippen LogP contribution in [-0.2, 0) is 13.1 Å². The third kappa shape index (κ3) is 5.31. The molecule has 1 aliphatic rings. The molecule has 0 radical (unpaired) electrons. The Balaban J connectivity index is 1.34. The Kier molecular flexibility index (Phi) is 6.88. The Morgan fingerprint density at radius 1 is 1.06 bits per heavy atom. The molecule has 0 spiro atoms. The van der Waals surface area contributed by atoms with Crippen LogP contribution in [0, 0.1) is 30.1 Å². The zero-order valence-electron chi connectivity index (χ0n) is 19.1. The van der Waals surface area contributed by atoms with E-state index in [2.05, 4.69) is 32.4 Å². The Bertz CT molecular complexity index is 1230. The van der Waals surface area contributed by atoms with Crippen LogP contribution < -0.4 is 0 Å². The quantitative estimate of drug-likeness (QED) is 0.574. The summed E-state index contributed by atoms with van der Waals surface area (Å²) in [6.07, 6.45) is 3.76. The predicted molar refractivity (Wildman–Crippen MR) is 127 cm³/mol. The van der Waals surface area contributed by atoms with Gasteiger partial charge in [0.1, 0.15) is 0 Å². The number of imidazole rings is 1. The van der Waals surface area contributed by atoms with Crippen molar-refractivity contribution < 1.29 is 4.79 Å². The summed E-state index contributed by atoms with van der Waals surface area (Å²) in [6.45, 7) is 8.39. The van der Waals surface area contributed by atoms with Gasteiger partial charge in [-0.1, -0.05) is 18.1 Å². The van der Waals surface area contributed by atoms with Crippen LogP contribution in [0.1, 0.15) is 45.2 Å². The molecule has 166 valence electrons. The molecule has 0 N–H and O–H groups in total. The van der Waals surface area contributed by atoms with Crippen LogP contribution in [0.5, 0.6) is 0 Å². The highest BCUT2D eigenvalue weighted by Gasteiger charge is 2.23. The molecule has 1 fully saturated rings. The fraction of sp³-hybridized carbons (Fsp3) is 0.296. The first kappa shape index (κ1) is 22.3. The van der Waals surface area contributed by atoms with E-state index in [9.17, 15) is 4.79 Å². The molecule has 0 bridgehead atoms. The molecular formula is C27H27N5O. The molecule has 1 aromatic heterocycles. The van der Waals surface area contributed by atoms with Crippen molar-refractivity contribution in [3.63, 3.8) is 0 Å². The highest BCUT2D eigenvalue weighted by molar-refractivity contribution is 5.94. The number of rotatable bonds is 5. The third-order valence-corrected chi connectivity index (χ3v) is 6.01. The lowest BCUT2D eigenvalue weighted by Crippen LogP contribution is -2.48. The first-order valence-corrected chi connectivity index (χ1v) is 11.1. The van der Waals surface area contributed by atoms with E-state index < -0.39 is 0 Å². The summed E-state index contributed by atoms with van der Waals surface area (Å²) in [7, 11) is 0. The van der Waals surface area contributed by atoms with Gasteiger partial charge in [0.15, 0.2) is 0 Å². The second-order valence-electron chi connectivity index (χ2n) is 8.29. The van der Waals surface area contributed by atoms with Crippen molar-refractivity contribution in [2.45, 2.75) is 26.9 Å². The van der Waals surface area contributed by atoms with Crippen LogP contribution >= 0.6 is 0 Å². The largest absolute Gasteiger partial charge is 0.336 e. The molecule has 0 aliphatic carbocycles. The standard InChI is InChI=1S/C27H27N5O/c1-3-4-24-9-10-25(15-21(24)2)27(33)31-13-11-30(12-14-31)19-26-17-29-20-32(26)18-23-7-5-22(16-28)6-8-23/h5-10,15,17,20H,11-14,18-19H2,1-2H3. The predicted octanol–water partition coefficient (Wildman–Crippen LogP) is 3.44. The number of hydrogen-bond acceptors (Lipinski definition) is 4. The highest BCUT2D eigenvalue weighted by Crippen LogP contribution is 2.16. The zero-order chi connectivity index (χ0) is 23.2. The van der Waals surface area contributed by atoms with E-state index in [-0.39, 0.29) is 5.91 Å². The van der Waals surface area contributed by atoms with Crippen molar-refractivity contribution in [2.24, 2.45) is 0 Å². The number of carbonyl (C=O) groups is 1. The smallest absolute Gasteiger partial charge is 0.253 e. The molecule has 3 aromatic rings. The summed E-state index contributed by atoms with van der Waals surface area (Å²) < 4.78 is 2.14. The molecule has 1 saturated heterocycles. The van der Waals surface area contributed by atoms with E-state index in [0.29, 0.717) is 18.7 Å². The lowest BCUT2D eigenvalue weighted by molar-refractivity contribution is 0.0625. The van der Waals surface area contributed by atoms with Gasteiger partial charge in [-0.15, -0.1) is 5.92 Å². The molecule has 4 rings (SSSR count). The van der Waals surface area contributed by atoms with Gasteiger partial charge in [-0.25, -0.2) is 4.98 Å². The number of amides is 1. The molecule has 0 atom stereocenters. The van der Waals surface area contributed by atoms with Gasteiger partial charge >= 0.3 is 0 Å². The number of piperazine rings is 1. The molecule has 1 aliphatic heterocycles. The maximum atomic E-state index is 13.0. The van der Waals surface area contributed by atoms with Crippen LogP contribution in [0.25, 0.3) is 0 Å². The van der Waals surface area contributed by atoms with Crippen molar-refractivity contribution in [3.05, 3.63) is 88.5 Å². The van der Waals surface area contributed by atoms with E-state index in [1.807, 2.05) is 73.7 Å². The molecule has 0 saturated carbocycles.